The molecular formula is C15H26. The molecular weight excluding hydrogens is 180 g/mol. The zero-order valence-electron chi connectivity index (χ0n) is 11.0. The molecule has 15 heavy (non-hydrogen) atoms. The van der Waals surface area contributed by atoms with Gasteiger partial charge < -0.3 is 0 Å². The Morgan fingerprint density at radius 3 is 2.27 bits per heavy atom. The minimum atomic E-state index is 0.703. The van der Waals surface area contributed by atoms with Gasteiger partial charge in [-0.15, -0.1) is 0 Å². The molecule has 0 aromatic rings. The first-order valence-corrected chi connectivity index (χ1v) is 6.32. The lowest BCUT2D eigenvalue weighted by Crippen LogP contribution is -2.22. The molecule has 0 amide bonds. The molecule has 1 aliphatic carbocycles. The molecule has 1 aliphatic rings. The van der Waals surface area contributed by atoms with E-state index in [-0.39, 0.29) is 0 Å². The van der Waals surface area contributed by atoms with Gasteiger partial charge in [0, 0.05) is 0 Å². The second kappa shape index (κ2) is 5.01. The van der Waals surface area contributed by atoms with Crippen LogP contribution in [0.3, 0.4) is 0 Å². The van der Waals surface area contributed by atoms with Gasteiger partial charge in [0.1, 0.15) is 0 Å². The topological polar surface area (TPSA) is 0 Å². The van der Waals surface area contributed by atoms with Crippen molar-refractivity contribution in [1.82, 2.24) is 0 Å². The lowest BCUT2D eigenvalue weighted by Gasteiger charge is -2.33. The third kappa shape index (κ3) is 2.96. The predicted molar refractivity (Wildman–Crippen MR) is 68.8 cm³/mol. The minimum Gasteiger partial charge on any atom is -0.0958 e. The van der Waals surface area contributed by atoms with Crippen LogP contribution in [0.4, 0.5) is 0 Å². The molecule has 0 aromatic heterocycles. The first-order chi connectivity index (χ1) is 6.93. The summed E-state index contributed by atoms with van der Waals surface area (Å²) in [4.78, 5) is 0. The first-order valence-electron chi connectivity index (χ1n) is 6.32. The Morgan fingerprint density at radius 1 is 1.20 bits per heavy atom. The predicted octanol–water partition coefficient (Wildman–Crippen LogP) is 4.83. The van der Waals surface area contributed by atoms with Crippen molar-refractivity contribution < 1.29 is 0 Å². The van der Waals surface area contributed by atoms with Crippen molar-refractivity contribution in [3.8, 4) is 0 Å². The highest BCUT2D eigenvalue weighted by atomic mass is 14.3. The minimum absolute atomic E-state index is 0.703. The van der Waals surface area contributed by atoms with Gasteiger partial charge in [0.05, 0.1) is 0 Å². The van der Waals surface area contributed by atoms with E-state index in [1.165, 1.54) is 18.4 Å². The Bertz CT molecular complexity index is 255. The van der Waals surface area contributed by atoms with Crippen molar-refractivity contribution in [3.63, 3.8) is 0 Å². The van der Waals surface area contributed by atoms with Gasteiger partial charge >= 0.3 is 0 Å². The van der Waals surface area contributed by atoms with Gasteiger partial charge in [-0.2, -0.15) is 0 Å². The Labute approximate surface area is 95.5 Å². The summed E-state index contributed by atoms with van der Waals surface area (Å²) in [5.74, 6) is 3.00. The van der Waals surface area contributed by atoms with E-state index in [4.69, 9.17) is 0 Å². The van der Waals surface area contributed by atoms with Crippen LogP contribution in [-0.4, -0.2) is 0 Å². The van der Waals surface area contributed by atoms with Crippen LogP contribution in [0.15, 0.2) is 23.8 Å². The summed E-state index contributed by atoms with van der Waals surface area (Å²) in [7, 11) is 0. The summed E-state index contributed by atoms with van der Waals surface area (Å²) in [5.41, 5.74) is 2.98. The molecule has 0 bridgehead atoms. The second-order valence-electron chi connectivity index (χ2n) is 5.72. The summed E-state index contributed by atoms with van der Waals surface area (Å²) < 4.78 is 0. The van der Waals surface area contributed by atoms with Gasteiger partial charge in [-0.3, -0.25) is 0 Å². The van der Waals surface area contributed by atoms with E-state index in [2.05, 4.69) is 47.3 Å². The smallest absolute Gasteiger partial charge is 0.0171 e. The SMILES string of the molecule is C=C1C=C([C@H](C)C(C)C)[C@H](C(C)C)CC1. The van der Waals surface area contributed by atoms with E-state index in [0.29, 0.717) is 5.92 Å². The quantitative estimate of drug-likeness (QED) is 0.620. The van der Waals surface area contributed by atoms with Crippen molar-refractivity contribution in [2.24, 2.45) is 23.7 Å². The van der Waals surface area contributed by atoms with E-state index >= 15 is 0 Å². The van der Waals surface area contributed by atoms with Crippen molar-refractivity contribution in [3.05, 3.63) is 23.8 Å². The van der Waals surface area contributed by atoms with Crippen molar-refractivity contribution in [2.45, 2.75) is 47.5 Å². The Kier molecular flexibility index (Phi) is 4.19. The molecule has 0 fully saturated rings. The fourth-order valence-corrected chi connectivity index (χ4v) is 2.49. The van der Waals surface area contributed by atoms with E-state index in [1.807, 2.05) is 0 Å². The molecule has 0 spiro atoms. The normalized spacial score (nSPS) is 24.6. The fourth-order valence-electron chi connectivity index (χ4n) is 2.49. The Balaban J connectivity index is 2.92. The van der Waals surface area contributed by atoms with E-state index in [0.717, 1.165) is 17.8 Å². The summed E-state index contributed by atoms with van der Waals surface area (Å²) in [6.45, 7) is 15.8. The maximum absolute atomic E-state index is 4.12. The average molecular weight is 206 g/mol. The van der Waals surface area contributed by atoms with Gasteiger partial charge in [-0.05, 0) is 36.5 Å². The molecule has 2 atom stereocenters. The van der Waals surface area contributed by atoms with E-state index in [1.54, 1.807) is 5.57 Å². The molecule has 0 heteroatoms. The Morgan fingerprint density at radius 2 is 1.80 bits per heavy atom. The lowest BCUT2D eigenvalue weighted by molar-refractivity contribution is 0.339. The standard InChI is InChI=1S/C15H26/c1-10(2)13(6)15-9-12(5)7-8-14(15)11(3)4/h9-11,13-14H,5,7-8H2,1-4,6H3/t13-,14+/m1/s1. The highest BCUT2D eigenvalue weighted by Gasteiger charge is 2.26. The lowest BCUT2D eigenvalue weighted by atomic mass is 9.72. The largest absolute Gasteiger partial charge is 0.0958 e. The van der Waals surface area contributed by atoms with Gasteiger partial charge in [-0.25, -0.2) is 0 Å². The van der Waals surface area contributed by atoms with Crippen LogP contribution >= 0.6 is 0 Å². The van der Waals surface area contributed by atoms with Crippen LogP contribution in [0.5, 0.6) is 0 Å². The monoisotopic (exact) mass is 206 g/mol. The molecule has 0 aliphatic heterocycles. The molecule has 1 rings (SSSR count). The highest BCUT2D eigenvalue weighted by Crippen LogP contribution is 2.38. The second-order valence-corrected chi connectivity index (χ2v) is 5.72. The molecule has 0 aromatic carbocycles. The zero-order chi connectivity index (χ0) is 11.6. The molecule has 86 valence electrons. The van der Waals surface area contributed by atoms with Crippen LogP contribution < -0.4 is 0 Å². The molecule has 0 saturated carbocycles. The number of hydrogen-bond acceptors (Lipinski definition) is 0. The average Bonchev–Trinajstić information content (AvgIpc) is 2.15. The molecule has 0 saturated heterocycles. The van der Waals surface area contributed by atoms with Crippen molar-refractivity contribution in [2.75, 3.05) is 0 Å². The van der Waals surface area contributed by atoms with Gasteiger partial charge in [0.2, 0.25) is 0 Å². The van der Waals surface area contributed by atoms with Crippen molar-refractivity contribution >= 4 is 0 Å². The molecule has 0 radical (unpaired) electrons. The number of hydrogen-bond donors (Lipinski definition) is 0. The summed E-state index contributed by atoms with van der Waals surface area (Å²) in [6.07, 6.45) is 4.87. The maximum Gasteiger partial charge on any atom is -0.0171 e. The van der Waals surface area contributed by atoms with E-state index < -0.39 is 0 Å². The first kappa shape index (κ1) is 12.5. The van der Waals surface area contributed by atoms with Crippen molar-refractivity contribution in [1.29, 1.82) is 0 Å². The highest BCUT2D eigenvalue weighted by molar-refractivity contribution is 5.28. The van der Waals surface area contributed by atoms with Crippen LogP contribution in [0.25, 0.3) is 0 Å². The molecule has 0 unspecified atom stereocenters. The van der Waals surface area contributed by atoms with Crippen LogP contribution in [0, 0.1) is 23.7 Å². The molecule has 0 nitrogen and oxygen atoms in total. The number of rotatable bonds is 3. The van der Waals surface area contributed by atoms with Crippen LogP contribution in [0.2, 0.25) is 0 Å². The molecule has 0 heterocycles. The maximum atomic E-state index is 4.12. The third-order valence-corrected chi connectivity index (χ3v) is 3.91. The summed E-state index contributed by atoms with van der Waals surface area (Å²) in [6, 6.07) is 0. The van der Waals surface area contributed by atoms with E-state index in [9.17, 15) is 0 Å². The summed E-state index contributed by atoms with van der Waals surface area (Å²) >= 11 is 0. The van der Waals surface area contributed by atoms with Crippen LogP contribution in [0.1, 0.15) is 47.5 Å². The van der Waals surface area contributed by atoms with Gasteiger partial charge in [0.15, 0.2) is 0 Å². The third-order valence-electron chi connectivity index (χ3n) is 3.91. The molecule has 0 N–H and O–H groups in total. The number of allylic oxidation sites excluding steroid dienone is 3. The van der Waals surface area contributed by atoms with Gasteiger partial charge in [0.25, 0.3) is 0 Å². The Hall–Kier alpha value is -0.520. The van der Waals surface area contributed by atoms with Gasteiger partial charge in [-0.1, -0.05) is 58.4 Å². The summed E-state index contributed by atoms with van der Waals surface area (Å²) in [5, 5.41) is 0. The van der Waals surface area contributed by atoms with Crippen LogP contribution in [-0.2, 0) is 0 Å². The zero-order valence-corrected chi connectivity index (χ0v) is 11.0. The fraction of sp³-hybridized carbons (Fsp3) is 0.733.